The Bertz CT molecular complexity index is 331. The van der Waals surface area contributed by atoms with Gasteiger partial charge in [0.2, 0.25) is 5.76 Å². The number of allylic oxidation sites excluding steroid dienone is 1. The Morgan fingerprint density at radius 3 is 2.42 bits per heavy atom. The number of hydrogen-bond donors (Lipinski definition) is 1. The highest BCUT2D eigenvalue weighted by molar-refractivity contribution is 5.87. The van der Waals surface area contributed by atoms with Crippen LogP contribution in [-0.4, -0.2) is 30.9 Å². The lowest BCUT2D eigenvalue weighted by molar-refractivity contribution is -0.133. The lowest BCUT2D eigenvalue weighted by Gasteiger charge is -2.07. The summed E-state index contributed by atoms with van der Waals surface area (Å²) in [7, 11) is 0. The predicted molar refractivity (Wildman–Crippen MR) is 71.5 cm³/mol. The topological polar surface area (TPSA) is 79.5 Å². The first-order chi connectivity index (χ1) is 9.17. The third-order valence-corrected chi connectivity index (χ3v) is 2.53. The number of rotatable bonds is 11. The van der Waals surface area contributed by atoms with Gasteiger partial charge in [0.15, 0.2) is 0 Å². The molecule has 19 heavy (non-hydrogen) atoms. The molecular weight excluding hydrogens is 246 g/mol. The fourth-order valence-electron chi connectivity index (χ4n) is 1.50. The van der Waals surface area contributed by atoms with Crippen molar-refractivity contribution < 1.29 is 19.4 Å². The van der Waals surface area contributed by atoms with Crippen molar-refractivity contribution in [2.75, 3.05) is 19.8 Å². The third-order valence-electron chi connectivity index (χ3n) is 2.53. The number of carboxylic acid groups (broad SMARTS) is 1. The fourth-order valence-corrected chi connectivity index (χ4v) is 1.50. The predicted octanol–water partition coefficient (Wildman–Crippen LogP) is 2.87. The van der Waals surface area contributed by atoms with Gasteiger partial charge >= 0.3 is 5.97 Å². The molecule has 0 aliphatic rings. The van der Waals surface area contributed by atoms with Gasteiger partial charge in [-0.2, -0.15) is 5.26 Å². The van der Waals surface area contributed by atoms with E-state index in [2.05, 4.69) is 6.92 Å². The molecule has 108 valence electrons. The van der Waals surface area contributed by atoms with E-state index in [1.807, 2.05) is 0 Å². The summed E-state index contributed by atoms with van der Waals surface area (Å²) in [6.45, 7) is 5.49. The van der Waals surface area contributed by atoms with Crippen LogP contribution in [0.3, 0.4) is 0 Å². The number of carbonyl (C=O) groups is 1. The molecule has 0 amide bonds. The minimum absolute atomic E-state index is 0.0536. The van der Waals surface area contributed by atoms with Gasteiger partial charge in [0, 0.05) is 13.2 Å². The quantitative estimate of drug-likeness (QED) is 0.270. The Morgan fingerprint density at radius 2 is 1.89 bits per heavy atom. The van der Waals surface area contributed by atoms with Crippen LogP contribution in [0.4, 0.5) is 0 Å². The van der Waals surface area contributed by atoms with Crippen LogP contribution in [0.1, 0.15) is 46.0 Å². The normalized spacial score (nSPS) is 11.6. The van der Waals surface area contributed by atoms with E-state index in [1.54, 1.807) is 13.0 Å². The molecule has 0 radical (unpaired) electrons. The number of carboxylic acids is 1. The van der Waals surface area contributed by atoms with Crippen molar-refractivity contribution in [1.29, 1.82) is 5.26 Å². The molecule has 0 saturated carbocycles. The Morgan fingerprint density at radius 1 is 1.21 bits per heavy atom. The highest BCUT2D eigenvalue weighted by Gasteiger charge is 2.15. The second kappa shape index (κ2) is 11.5. The van der Waals surface area contributed by atoms with E-state index in [0.29, 0.717) is 26.1 Å². The van der Waals surface area contributed by atoms with E-state index in [9.17, 15) is 4.79 Å². The fraction of sp³-hybridized carbons (Fsp3) is 0.714. The van der Waals surface area contributed by atoms with Gasteiger partial charge in [0.25, 0.3) is 0 Å². The van der Waals surface area contributed by atoms with Crippen molar-refractivity contribution in [1.82, 2.24) is 0 Å². The maximum absolute atomic E-state index is 11.1. The van der Waals surface area contributed by atoms with Gasteiger partial charge < -0.3 is 14.6 Å². The van der Waals surface area contributed by atoms with Crippen LogP contribution in [0.2, 0.25) is 0 Å². The van der Waals surface area contributed by atoms with Gasteiger partial charge in [0.1, 0.15) is 6.07 Å². The summed E-state index contributed by atoms with van der Waals surface area (Å²) in [5.74, 6) is -1.17. The molecule has 0 aromatic rings. The van der Waals surface area contributed by atoms with Gasteiger partial charge in [0.05, 0.1) is 12.2 Å². The SMILES string of the molecule is CCCCOCCCCC(C(=O)O)=C(C#N)OCC. The monoisotopic (exact) mass is 269 g/mol. The molecular formula is C14H23NO4. The highest BCUT2D eigenvalue weighted by atomic mass is 16.5. The number of nitrogens with zero attached hydrogens (tertiary/aromatic N) is 1. The molecule has 0 fully saturated rings. The number of hydrogen-bond acceptors (Lipinski definition) is 4. The third kappa shape index (κ3) is 8.22. The van der Waals surface area contributed by atoms with E-state index in [4.69, 9.17) is 19.8 Å². The second-order valence-corrected chi connectivity index (χ2v) is 4.08. The van der Waals surface area contributed by atoms with Gasteiger partial charge in [-0.25, -0.2) is 4.79 Å². The average Bonchev–Trinajstić information content (AvgIpc) is 2.39. The first-order valence-corrected chi connectivity index (χ1v) is 6.74. The molecule has 1 N–H and O–H groups in total. The molecule has 0 atom stereocenters. The molecule has 0 aromatic heterocycles. The zero-order valence-corrected chi connectivity index (χ0v) is 11.8. The van der Waals surface area contributed by atoms with Crippen LogP contribution in [0, 0.1) is 11.3 Å². The van der Waals surface area contributed by atoms with E-state index in [-0.39, 0.29) is 11.3 Å². The minimum atomic E-state index is -1.09. The molecule has 0 aromatic carbocycles. The molecule has 0 aliphatic heterocycles. The Balaban J connectivity index is 4.10. The number of nitriles is 1. The van der Waals surface area contributed by atoms with Crippen molar-refractivity contribution in [3.8, 4) is 6.07 Å². The maximum atomic E-state index is 11.1. The molecule has 0 heterocycles. The lowest BCUT2D eigenvalue weighted by atomic mass is 10.1. The largest absolute Gasteiger partial charge is 0.484 e. The first-order valence-electron chi connectivity index (χ1n) is 6.74. The van der Waals surface area contributed by atoms with Gasteiger partial charge in [-0.3, -0.25) is 0 Å². The zero-order valence-electron chi connectivity index (χ0n) is 11.8. The summed E-state index contributed by atoms with van der Waals surface area (Å²) in [4.78, 5) is 11.1. The van der Waals surface area contributed by atoms with E-state index in [0.717, 1.165) is 25.9 Å². The molecule has 0 aliphatic carbocycles. The number of aliphatic carboxylic acids is 1. The Kier molecular flexibility index (Phi) is 10.6. The first kappa shape index (κ1) is 17.5. The van der Waals surface area contributed by atoms with Crippen molar-refractivity contribution in [2.24, 2.45) is 0 Å². The summed E-state index contributed by atoms with van der Waals surface area (Å²) in [6, 6.07) is 1.80. The van der Waals surface area contributed by atoms with Crippen molar-refractivity contribution >= 4 is 5.97 Å². The summed E-state index contributed by atoms with van der Waals surface area (Å²) in [6.07, 6.45) is 3.93. The Labute approximate surface area is 114 Å². The standard InChI is InChI=1S/C14H23NO4/c1-3-5-9-18-10-7-6-8-12(14(16)17)13(11-15)19-4-2/h3-10H2,1-2H3,(H,16,17). The smallest absolute Gasteiger partial charge is 0.336 e. The molecule has 0 bridgehead atoms. The van der Waals surface area contributed by atoms with Crippen molar-refractivity contribution in [3.05, 3.63) is 11.3 Å². The average molecular weight is 269 g/mol. The lowest BCUT2D eigenvalue weighted by Crippen LogP contribution is -2.07. The Hall–Kier alpha value is -1.54. The number of unbranched alkanes of at least 4 members (excludes halogenated alkanes) is 2. The van der Waals surface area contributed by atoms with Gasteiger partial charge in [-0.05, 0) is 32.6 Å². The maximum Gasteiger partial charge on any atom is 0.336 e. The van der Waals surface area contributed by atoms with Crippen LogP contribution in [-0.2, 0) is 14.3 Å². The molecule has 0 spiro atoms. The van der Waals surface area contributed by atoms with Gasteiger partial charge in [-0.15, -0.1) is 0 Å². The number of ether oxygens (including phenoxy) is 2. The summed E-state index contributed by atoms with van der Waals surface area (Å²) in [5, 5.41) is 17.9. The highest BCUT2D eigenvalue weighted by Crippen LogP contribution is 2.14. The van der Waals surface area contributed by atoms with Crippen LogP contribution in [0.15, 0.2) is 11.3 Å². The molecule has 5 heteroatoms. The van der Waals surface area contributed by atoms with Crippen LogP contribution in [0.5, 0.6) is 0 Å². The summed E-state index contributed by atoms with van der Waals surface area (Å²) < 4.78 is 10.4. The minimum Gasteiger partial charge on any atom is -0.484 e. The van der Waals surface area contributed by atoms with E-state index in [1.165, 1.54) is 0 Å². The van der Waals surface area contributed by atoms with Crippen molar-refractivity contribution in [3.63, 3.8) is 0 Å². The van der Waals surface area contributed by atoms with Gasteiger partial charge in [-0.1, -0.05) is 13.3 Å². The molecule has 5 nitrogen and oxygen atoms in total. The van der Waals surface area contributed by atoms with E-state index < -0.39 is 5.97 Å². The van der Waals surface area contributed by atoms with Crippen LogP contribution >= 0.6 is 0 Å². The van der Waals surface area contributed by atoms with Crippen LogP contribution in [0.25, 0.3) is 0 Å². The molecule has 0 saturated heterocycles. The molecule has 0 unspecified atom stereocenters. The second-order valence-electron chi connectivity index (χ2n) is 4.08. The van der Waals surface area contributed by atoms with Crippen LogP contribution < -0.4 is 0 Å². The summed E-state index contributed by atoms with van der Waals surface area (Å²) >= 11 is 0. The molecule has 0 rings (SSSR count). The van der Waals surface area contributed by atoms with Crippen molar-refractivity contribution in [2.45, 2.75) is 46.0 Å². The zero-order chi connectivity index (χ0) is 14.5. The van der Waals surface area contributed by atoms with E-state index >= 15 is 0 Å². The summed E-state index contributed by atoms with van der Waals surface area (Å²) in [5.41, 5.74) is 0.0536.